The number of nitrogens with zero attached hydrogens (tertiary/aromatic N) is 5. The minimum absolute atomic E-state index is 0.0351. The number of anilines is 1. The molecule has 5 rings (SSSR count). The van der Waals surface area contributed by atoms with Gasteiger partial charge >= 0.3 is 0 Å². The number of rotatable bonds is 10. The van der Waals surface area contributed by atoms with Crippen molar-refractivity contribution in [2.45, 2.75) is 51.5 Å². The third-order valence-electron chi connectivity index (χ3n) is 7.14. The lowest BCUT2D eigenvalue weighted by molar-refractivity contribution is -0.0640. The maximum absolute atomic E-state index is 14.8. The highest BCUT2D eigenvalue weighted by Gasteiger charge is 2.34. The van der Waals surface area contributed by atoms with Crippen LogP contribution in [0.2, 0.25) is 0 Å². The molecular formula is C29H32F4N6O. The zero-order chi connectivity index (χ0) is 28.3. The Labute approximate surface area is 230 Å². The SMILES string of the molecule is CCOc1cc(F)c(Cn2nc(-c3ncc(CCCCN4CCCC(F)(F)C4)c(N)n3)c3ccccc32)c(F)c1. The number of unbranched alkanes of at least 4 members (excludes halogenated alkanes) is 1. The summed E-state index contributed by atoms with van der Waals surface area (Å²) >= 11 is 0. The quantitative estimate of drug-likeness (QED) is 0.195. The first-order chi connectivity index (χ1) is 19.2. The minimum Gasteiger partial charge on any atom is -0.494 e. The van der Waals surface area contributed by atoms with Crippen LogP contribution >= 0.6 is 0 Å². The molecule has 212 valence electrons. The number of benzene rings is 2. The molecule has 3 heterocycles. The lowest BCUT2D eigenvalue weighted by atomic mass is 10.1. The molecule has 1 aliphatic heterocycles. The van der Waals surface area contributed by atoms with Gasteiger partial charge in [0.2, 0.25) is 0 Å². The molecule has 0 amide bonds. The van der Waals surface area contributed by atoms with E-state index in [-0.39, 0.29) is 30.8 Å². The number of nitrogens with two attached hydrogens (primary N) is 1. The number of likely N-dealkylation sites (tertiary alicyclic amines) is 1. The smallest absolute Gasteiger partial charge is 0.260 e. The summed E-state index contributed by atoms with van der Waals surface area (Å²) in [5, 5.41) is 5.33. The van der Waals surface area contributed by atoms with Gasteiger partial charge in [-0.1, -0.05) is 18.2 Å². The first kappa shape index (κ1) is 27.8. The molecule has 2 aromatic carbocycles. The van der Waals surface area contributed by atoms with E-state index in [1.807, 2.05) is 29.2 Å². The van der Waals surface area contributed by atoms with Gasteiger partial charge in [-0.3, -0.25) is 9.58 Å². The predicted molar refractivity (Wildman–Crippen MR) is 145 cm³/mol. The highest BCUT2D eigenvalue weighted by atomic mass is 19.3. The molecule has 4 aromatic rings. The highest BCUT2D eigenvalue weighted by molar-refractivity contribution is 5.91. The van der Waals surface area contributed by atoms with Gasteiger partial charge in [0.15, 0.2) is 5.82 Å². The summed E-state index contributed by atoms with van der Waals surface area (Å²) in [6, 6.07) is 9.64. The number of aromatic nitrogens is 4. The van der Waals surface area contributed by atoms with Crippen molar-refractivity contribution < 1.29 is 22.3 Å². The van der Waals surface area contributed by atoms with E-state index in [0.717, 1.165) is 23.8 Å². The number of para-hydroxylation sites is 1. The van der Waals surface area contributed by atoms with Crippen LogP contribution in [0.5, 0.6) is 5.75 Å². The van der Waals surface area contributed by atoms with Crippen LogP contribution in [0.3, 0.4) is 0 Å². The maximum Gasteiger partial charge on any atom is 0.260 e. The number of alkyl halides is 2. The fraction of sp³-hybridized carbons (Fsp3) is 0.414. The van der Waals surface area contributed by atoms with Crippen molar-refractivity contribution in [2.75, 3.05) is 32.0 Å². The van der Waals surface area contributed by atoms with Crippen LogP contribution in [-0.2, 0) is 13.0 Å². The fourth-order valence-electron chi connectivity index (χ4n) is 5.16. The molecule has 0 aliphatic carbocycles. The lowest BCUT2D eigenvalue weighted by Gasteiger charge is -2.32. The first-order valence-electron chi connectivity index (χ1n) is 13.5. The second-order valence-electron chi connectivity index (χ2n) is 10.1. The zero-order valence-electron chi connectivity index (χ0n) is 22.3. The Morgan fingerprint density at radius 1 is 1.10 bits per heavy atom. The van der Waals surface area contributed by atoms with E-state index in [9.17, 15) is 17.6 Å². The van der Waals surface area contributed by atoms with Gasteiger partial charge in [-0.15, -0.1) is 0 Å². The molecule has 0 bridgehead atoms. The van der Waals surface area contributed by atoms with E-state index in [4.69, 9.17) is 10.5 Å². The van der Waals surface area contributed by atoms with Gasteiger partial charge in [-0.2, -0.15) is 5.10 Å². The Morgan fingerprint density at radius 2 is 1.88 bits per heavy atom. The molecule has 0 atom stereocenters. The van der Waals surface area contributed by atoms with Crippen LogP contribution in [0, 0.1) is 11.6 Å². The van der Waals surface area contributed by atoms with Gasteiger partial charge < -0.3 is 10.5 Å². The van der Waals surface area contributed by atoms with Crippen molar-refractivity contribution in [3.05, 3.63) is 65.4 Å². The maximum atomic E-state index is 14.8. The second-order valence-corrected chi connectivity index (χ2v) is 10.1. The van der Waals surface area contributed by atoms with Gasteiger partial charge in [0, 0.05) is 41.3 Å². The van der Waals surface area contributed by atoms with Gasteiger partial charge in [0.1, 0.15) is 28.9 Å². The summed E-state index contributed by atoms with van der Waals surface area (Å²) in [6.45, 7) is 3.05. The number of halogens is 4. The first-order valence-corrected chi connectivity index (χ1v) is 13.5. The Morgan fingerprint density at radius 3 is 2.60 bits per heavy atom. The molecule has 0 saturated carbocycles. The Kier molecular flexibility index (Phi) is 8.20. The Hall–Kier alpha value is -3.73. The summed E-state index contributed by atoms with van der Waals surface area (Å²) in [6.07, 6.45) is 4.31. The van der Waals surface area contributed by atoms with E-state index in [2.05, 4.69) is 15.1 Å². The van der Waals surface area contributed by atoms with Crippen molar-refractivity contribution in [3.63, 3.8) is 0 Å². The zero-order valence-corrected chi connectivity index (χ0v) is 22.3. The summed E-state index contributed by atoms with van der Waals surface area (Å²) in [5.41, 5.74) is 8.02. The molecule has 2 aromatic heterocycles. The molecule has 1 aliphatic rings. The number of ether oxygens (including phenoxy) is 1. The van der Waals surface area contributed by atoms with Crippen LogP contribution in [0.4, 0.5) is 23.4 Å². The molecule has 0 unspecified atom stereocenters. The molecule has 7 nitrogen and oxygen atoms in total. The summed E-state index contributed by atoms with van der Waals surface area (Å²) in [7, 11) is 0. The number of hydrogen-bond acceptors (Lipinski definition) is 6. The third kappa shape index (κ3) is 6.19. The van der Waals surface area contributed by atoms with Crippen molar-refractivity contribution in [1.29, 1.82) is 0 Å². The normalized spacial score (nSPS) is 15.5. The molecule has 0 spiro atoms. The third-order valence-corrected chi connectivity index (χ3v) is 7.14. The van der Waals surface area contributed by atoms with Crippen molar-refractivity contribution >= 4 is 16.7 Å². The largest absolute Gasteiger partial charge is 0.494 e. The number of nitrogen functional groups attached to an aromatic ring is 1. The molecular weight excluding hydrogens is 524 g/mol. The average molecular weight is 557 g/mol. The van der Waals surface area contributed by atoms with Crippen LogP contribution in [0.1, 0.15) is 43.7 Å². The molecule has 0 radical (unpaired) electrons. The standard InChI is InChI=1S/C29H32F4N6O/c1-2-40-20-14-23(30)22(24(31)15-20)17-39-25-10-4-3-9-21(25)26(37-39)28-35-16-19(27(34)36-28)8-5-6-12-38-13-7-11-29(32,33)18-38/h3-4,9-10,14-16H,2,5-8,11-13,17-18H2,1H3,(H2,34,35,36). The summed E-state index contributed by atoms with van der Waals surface area (Å²) in [4.78, 5) is 10.8. The van der Waals surface area contributed by atoms with Gasteiger partial charge in [-0.25, -0.2) is 27.5 Å². The monoisotopic (exact) mass is 556 g/mol. The summed E-state index contributed by atoms with van der Waals surface area (Å²) in [5.74, 6) is -3.28. The number of piperidine rings is 1. The minimum atomic E-state index is -2.60. The Bertz CT molecular complexity index is 1470. The molecule has 11 heteroatoms. The van der Waals surface area contributed by atoms with Gasteiger partial charge in [0.25, 0.3) is 5.92 Å². The molecule has 2 N–H and O–H groups in total. The van der Waals surface area contributed by atoms with Crippen molar-refractivity contribution in [2.24, 2.45) is 0 Å². The van der Waals surface area contributed by atoms with E-state index >= 15 is 0 Å². The van der Waals surface area contributed by atoms with Gasteiger partial charge in [0.05, 0.1) is 25.2 Å². The lowest BCUT2D eigenvalue weighted by Crippen LogP contribution is -2.42. The highest BCUT2D eigenvalue weighted by Crippen LogP contribution is 2.30. The van der Waals surface area contributed by atoms with E-state index in [1.54, 1.807) is 13.1 Å². The fourth-order valence-corrected chi connectivity index (χ4v) is 5.16. The number of aryl methyl sites for hydroxylation is 1. The van der Waals surface area contributed by atoms with Gasteiger partial charge in [-0.05, 0) is 51.8 Å². The molecule has 40 heavy (non-hydrogen) atoms. The summed E-state index contributed by atoms with van der Waals surface area (Å²) < 4.78 is 63.5. The van der Waals surface area contributed by atoms with Crippen LogP contribution < -0.4 is 10.5 Å². The van der Waals surface area contributed by atoms with Crippen molar-refractivity contribution in [3.8, 4) is 17.3 Å². The topological polar surface area (TPSA) is 82.1 Å². The second kappa shape index (κ2) is 11.8. The van der Waals surface area contributed by atoms with E-state index < -0.39 is 17.6 Å². The predicted octanol–water partition coefficient (Wildman–Crippen LogP) is 5.85. The average Bonchev–Trinajstić information content (AvgIpc) is 3.27. The molecule has 1 fully saturated rings. The van der Waals surface area contributed by atoms with Crippen LogP contribution in [0.25, 0.3) is 22.4 Å². The number of hydrogen-bond donors (Lipinski definition) is 1. The van der Waals surface area contributed by atoms with E-state index in [1.165, 1.54) is 16.8 Å². The van der Waals surface area contributed by atoms with E-state index in [0.29, 0.717) is 55.4 Å². The Balaban J connectivity index is 1.31. The van der Waals surface area contributed by atoms with Crippen LogP contribution in [0.15, 0.2) is 42.6 Å². The molecule has 1 saturated heterocycles. The van der Waals surface area contributed by atoms with Crippen LogP contribution in [-0.4, -0.2) is 56.8 Å². The van der Waals surface area contributed by atoms with Crippen molar-refractivity contribution in [1.82, 2.24) is 24.6 Å². The number of fused-ring (bicyclic) bond motifs is 1.